The SMILES string of the molecule is Cc1cc(C)c(CNC(=O)c2cc(Br)cc3c2C(C)(C)CN3C(C)C)c(=O)[nH]1. The molecule has 2 N–H and O–H groups in total. The first kappa shape index (κ1) is 20.6. The lowest BCUT2D eigenvalue weighted by Gasteiger charge is -2.26. The summed E-state index contributed by atoms with van der Waals surface area (Å²) in [5, 5.41) is 2.96. The van der Waals surface area contributed by atoms with Gasteiger partial charge < -0.3 is 15.2 Å². The van der Waals surface area contributed by atoms with Gasteiger partial charge in [-0.1, -0.05) is 29.8 Å². The van der Waals surface area contributed by atoms with Gasteiger partial charge in [0.15, 0.2) is 0 Å². The van der Waals surface area contributed by atoms with Crippen LogP contribution in [0.4, 0.5) is 5.69 Å². The van der Waals surface area contributed by atoms with E-state index < -0.39 is 0 Å². The van der Waals surface area contributed by atoms with Crippen LogP contribution in [0.15, 0.2) is 27.5 Å². The van der Waals surface area contributed by atoms with Crippen molar-refractivity contribution in [2.24, 2.45) is 0 Å². The Hall–Kier alpha value is -2.08. The van der Waals surface area contributed by atoms with E-state index in [4.69, 9.17) is 0 Å². The van der Waals surface area contributed by atoms with Crippen LogP contribution < -0.4 is 15.8 Å². The van der Waals surface area contributed by atoms with Gasteiger partial charge in [-0.05, 0) is 57.0 Å². The zero-order chi connectivity index (χ0) is 20.8. The van der Waals surface area contributed by atoms with Crippen LogP contribution in [0.5, 0.6) is 0 Å². The Labute approximate surface area is 174 Å². The summed E-state index contributed by atoms with van der Waals surface area (Å²) in [6.45, 7) is 13.5. The van der Waals surface area contributed by atoms with Crippen molar-refractivity contribution in [3.05, 3.63) is 61.0 Å². The number of benzene rings is 1. The average Bonchev–Trinajstić information content (AvgIpc) is 2.84. The number of amides is 1. The number of hydrogen-bond donors (Lipinski definition) is 2. The molecule has 1 aromatic heterocycles. The van der Waals surface area contributed by atoms with E-state index in [1.165, 1.54) is 0 Å². The lowest BCUT2D eigenvalue weighted by atomic mass is 9.83. The molecule has 1 amide bonds. The standard InChI is InChI=1S/C22H28BrN3O2/c1-12(2)26-11-22(5,6)19-16(8-15(23)9-18(19)26)20(27)24-10-17-13(3)7-14(4)25-21(17)28/h7-9,12H,10-11H2,1-6H3,(H,24,27)(H,25,28). The third-order valence-electron chi connectivity index (χ3n) is 5.42. The van der Waals surface area contributed by atoms with Gasteiger partial charge in [-0.3, -0.25) is 9.59 Å². The molecule has 0 bridgehead atoms. The molecule has 0 radical (unpaired) electrons. The molecule has 0 spiro atoms. The predicted octanol–water partition coefficient (Wildman–Crippen LogP) is 4.19. The number of carbonyl (C=O) groups is 1. The van der Waals surface area contributed by atoms with Crippen LogP contribution in [0.1, 0.15) is 60.4 Å². The lowest BCUT2D eigenvalue weighted by Crippen LogP contribution is -2.34. The minimum Gasteiger partial charge on any atom is -0.368 e. The van der Waals surface area contributed by atoms with Crippen molar-refractivity contribution in [2.75, 3.05) is 11.4 Å². The Morgan fingerprint density at radius 3 is 2.57 bits per heavy atom. The van der Waals surface area contributed by atoms with Crippen molar-refractivity contribution in [1.29, 1.82) is 0 Å². The van der Waals surface area contributed by atoms with E-state index in [1.54, 1.807) is 0 Å². The summed E-state index contributed by atoms with van der Waals surface area (Å²) >= 11 is 3.56. The number of H-pyrrole nitrogens is 1. The van der Waals surface area contributed by atoms with Crippen LogP contribution in [0, 0.1) is 13.8 Å². The van der Waals surface area contributed by atoms with Gasteiger partial charge in [-0.15, -0.1) is 0 Å². The Morgan fingerprint density at radius 2 is 1.96 bits per heavy atom. The van der Waals surface area contributed by atoms with E-state index in [9.17, 15) is 9.59 Å². The summed E-state index contributed by atoms with van der Waals surface area (Å²) in [5.41, 5.74) is 4.84. The van der Waals surface area contributed by atoms with Gasteiger partial charge >= 0.3 is 0 Å². The number of rotatable bonds is 4. The maximum atomic E-state index is 13.1. The van der Waals surface area contributed by atoms with Crippen LogP contribution in [-0.2, 0) is 12.0 Å². The zero-order valence-electron chi connectivity index (χ0n) is 17.4. The van der Waals surface area contributed by atoms with E-state index >= 15 is 0 Å². The highest BCUT2D eigenvalue weighted by Gasteiger charge is 2.39. The van der Waals surface area contributed by atoms with Gasteiger partial charge in [0.2, 0.25) is 0 Å². The first-order valence-corrected chi connectivity index (χ1v) is 10.4. The number of aryl methyl sites for hydroxylation is 2. The second kappa shape index (κ2) is 7.39. The Kier molecular flexibility index (Phi) is 5.45. The molecule has 1 aliphatic rings. The fourth-order valence-corrected chi connectivity index (χ4v) is 4.57. The molecule has 150 valence electrons. The highest BCUT2D eigenvalue weighted by molar-refractivity contribution is 9.10. The van der Waals surface area contributed by atoms with Crippen molar-refractivity contribution < 1.29 is 4.79 Å². The smallest absolute Gasteiger partial charge is 0.253 e. The molecule has 0 saturated carbocycles. The number of aromatic amines is 1. The molecule has 2 aromatic rings. The van der Waals surface area contributed by atoms with Crippen molar-refractivity contribution in [1.82, 2.24) is 10.3 Å². The highest BCUT2D eigenvalue weighted by atomic mass is 79.9. The Morgan fingerprint density at radius 1 is 1.29 bits per heavy atom. The molecule has 3 rings (SSSR count). The second-order valence-corrected chi connectivity index (χ2v) is 9.49. The van der Waals surface area contributed by atoms with E-state index in [0.717, 1.165) is 33.5 Å². The molecule has 0 fully saturated rings. The zero-order valence-corrected chi connectivity index (χ0v) is 19.0. The summed E-state index contributed by atoms with van der Waals surface area (Å²) in [7, 11) is 0. The molecule has 1 aliphatic heterocycles. The van der Waals surface area contributed by atoms with Gasteiger partial charge in [0, 0.05) is 51.5 Å². The molecule has 2 heterocycles. The number of nitrogens with zero attached hydrogens (tertiary/aromatic N) is 1. The number of anilines is 1. The van der Waals surface area contributed by atoms with Crippen molar-refractivity contribution in [3.8, 4) is 0 Å². The highest BCUT2D eigenvalue weighted by Crippen LogP contribution is 2.45. The second-order valence-electron chi connectivity index (χ2n) is 8.58. The summed E-state index contributed by atoms with van der Waals surface area (Å²) in [5.74, 6) is -0.157. The minimum atomic E-state index is -0.157. The van der Waals surface area contributed by atoms with E-state index in [0.29, 0.717) is 17.2 Å². The number of hydrogen-bond acceptors (Lipinski definition) is 3. The first-order valence-electron chi connectivity index (χ1n) is 9.59. The topological polar surface area (TPSA) is 65.2 Å². The van der Waals surface area contributed by atoms with Crippen LogP contribution in [-0.4, -0.2) is 23.5 Å². The van der Waals surface area contributed by atoms with Gasteiger partial charge in [-0.25, -0.2) is 0 Å². The lowest BCUT2D eigenvalue weighted by molar-refractivity contribution is 0.0948. The Balaban J connectivity index is 1.96. The van der Waals surface area contributed by atoms with Crippen LogP contribution in [0.2, 0.25) is 0 Å². The largest absolute Gasteiger partial charge is 0.368 e. The fraction of sp³-hybridized carbons (Fsp3) is 0.455. The summed E-state index contributed by atoms with van der Waals surface area (Å²) in [4.78, 5) is 30.5. The molecule has 0 saturated heterocycles. The summed E-state index contributed by atoms with van der Waals surface area (Å²) in [6, 6.07) is 6.24. The summed E-state index contributed by atoms with van der Waals surface area (Å²) < 4.78 is 0.879. The molecule has 1 aromatic carbocycles. The van der Waals surface area contributed by atoms with Gasteiger partial charge in [-0.2, -0.15) is 0 Å². The number of aromatic nitrogens is 1. The molecule has 5 nitrogen and oxygen atoms in total. The number of carbonyl (C=O) groups excluding carboxylic acids is 1. The quantitative estimate of drug-likeness (QED) is 0.741. The molecule has 0 atom stereocenters. The third-order valence-corrected chi connectivity index (χ3v) is 5.88. The molecule has 6 heteroatoms. The van der Waals surface area contributed by atoms with Crippen LogP contribution in [0.25, 0.3) is 0 Å². The van der Waals surface area contributed by atoms with Gasteiger partial charge in [0.1, 0.15) is 0 Å². The number of halogens is 1. The number of pyridine rings is 1. The van der Waals surface area contributed by atoms with Crippen molar-refractivity contribution >= 4 is 27.5 Å². The summed E-state index contributed by atoms with van der Waals surface area (Å²) in [6.07, 6.45) is 0. The monoisotopic (exact) mass is 445 g/mol. The molecule has 28 heavy (non-hydrogen) atoms. The maximum absolute atomic E-state index is 13.1. The van der Waals surface area contributed by atoms with Crippen LogP contribution in [0.3, 0.4) is 0 Å². The van der Waals surface area contributed by atoms with E-state index in [-0.39, 0.29) is 23.4 Å². The molecule has 0 aliphatic carbocycles. The van der Waals surface area contributed by atoms with Gasteiger partial charge in [0.05, 0.1) is 0 Å². The molecule has 0 unspecified atom stereocenters. The third kappa shape index (κ3) is 3.75. The molecular formula is C22H28BrN3O2. The first-order chi connectivity index (χ1) is 13.0. The number of nitrogens with one attached hydrogen (secondary N) is 2. The predicted molar refractivity (Wildman–Crippen MR) is 117 cm³/mol. The Bertz CT molecular complexity index is 992. The maximum Gasteiger partial charge on any atom is 0.253 e. The van der Waals surface area contributed by atoms with E-state index in [1.807, 2.05) is 26.0 Å². The fourth-order valence-electron chi connectivity index (χ4n) is 4.13. The van der Waals surface area contributed by atoms with Gasteiger partial charge in [0.25, 0.3) is 11.5 Å². The molecular weight excluding hydrogens is 418 g/mol. The van der Waals surface area contributed by atoms with Crippen LogP contribution >= 0.6 is 15.9 Å². The van der Waals surface area contributed by atoms with Crippen molar-refractivity contribution in [2.45, 2.75) is 59.5 Å². The van der Waals surface area contributed by atoms with E-state index in [2.05, 4.69) is 64.9 Å². The minimum absolute atomic E-state index is 0.135. The normalized spacial score (nSPS) is 15.1. The van der Waals surface area contributed by atoms with Crippen molar-refractivity contribution in [3.63, 3.8) is 0 Å². The number of fused-ring (bicyclic) bond motifs is 1. The average molecular weight is 446 g/mol.